The Hall–Kier alpha value is -0.530. The summed E-state index contributed by atoms with van der Waals surface area (Å²) in [7, 11) is 0. The minimum absolute atomic E-state index is 0. The van der Waals surface area contributed by atoms with Crippen molar-refractivity contribution in [1.29, 1.82) is 0 Å². The predicted octanol–water partition coefficient (Wildman–Crippen LogP) is 2.59. The van der Waals surface area contributed by atoms with Crippen molar-refractivity contribution in [2.45, 2.75) is 70.4 Å². The first-order chi connectivity index (χ1) is 9.78. The first kappa shape index (κ1) is 18.5. The second-order valence-electron chi connectivity index (χ2n) is 5.68. The fraction of sp³-hybridized carbons (Fsp3) is 0.867. The molecule has 2 aliphatic carbocycles. The molecule has 6 heteroatoms. The van der Waals surface area contributed by atoms with Gasteiger partial charge in [0.05, 0.1) is 0 Å². The summed E-state index contributed by atoms with van der Waals surface area (Å²) in [6, 6.07) is 0.597. The van der Waals surface area contributed by atoms with Crippen LogP contribution in [0.2, 0.25) is 0 Å². The van der Waals surface area contributed by atoms with E-state index in [4.69, 9.17) is 4.74 Å². The summed E-state index contributed by atoms with van der Waals surface area (Å²) in [5, 5.41) is 6.58. The first-order valence-electron chi connectivity index (χ1n) is 8.02. The zero-order valence-corrected chi connectivity index (χ0v) is 15.2. The van der Waals surface area contributed by atoms with Crippen molar-refractivity contribution in [2.75, 3.05) is 13.1 Å². The first-order valence-corrected chi connectivity index (χ1v) is 8.02. The second-order valence-corrected chi connectivity index (χ2v) is 5.68. The number of halogens is 1. The van der Waals surface area contributed by atoms with Gasteiger partial charge in [-0.25, -0.2) is 0 Å². The lowest BCUT2D eigenvalue weighted by atomic mass is 10.3. The van der Waals surface area contributed by atoms with Gasteiger partial charge < -0.3 is 15.4 Å². The molecule has 2 saturated carbocycles. The van der Waals surface area contributed by atoms with Gasteiger partial charge in [-0.15, -0.1) is 24.0 Å². The van der Waals surface area contributed by atoms with Crippen LogP contribution in [0.5, 0.6) is 0 Å². The summed E-state index contributed by atoms with van der Waals surface area (Å²) in [4.78, 5) is 16.1. The molecule has 0 saturated heterocycles. The van der Waals surface area contributed by atoms with Crippen molar-refractivity contribution >= 4 is 35.9 Å². The fourth-order valence-corrected chi connectivity index (χ4v) is 2.41. The molecule has 2 aliphatic rings. The SMILES string of the molecule is CCNC(=NCCCC(=O)OC1CCCC1)NC1CC1.I. The van der Waals surface area contributed by atoms with Crippen molar-refractivity contribution in [1.82, 2.24) is 10.6 Å². The number of carbonyl (C=O) groups excluding carboxylic acids is 1. The van der Waals surface area contributed by atoms with Crippen LogP contribution in [-0.2, 0) is 9.53 Å². The number of hydrogen-bond donors (Lipinski definition) is 2. The Bertz CT molecular complexity index is 340. The highest BCUT2D eigenvalue weighted by Gasteiger charge is 2.22. The van der Waals surface area contributed by atoms with E-state index in [9.17, 15) is 4.79 Å². The van der Waals surface area contributed by atoms with E-state index in [2.05, 4.69) is 22.5 Å². The molecule has 0 aromatic carbocycles. The van der Waals surface area contributed by atoms with Gasteiger partial charge in [0.1, 0.15) is 6.10 Å². The van der Waals surface area contributed by atoms with Gasteiger partial charge in [0.25, 0.3) is 0 Å². The van der Waals surface area contributed by atoms with Crippen LogP contribution in [0, 0.1) is 0 Å². The summed E-state index contributed by atoms with van der Waals surface area (Å²) in [5.74, 6) is 0.811. The number of hydrogen-bond acceptors (Lipinski definition) is 3. The molecule has 122 valence electrons. The van der Waals surface area contributed by atoms with Gasteiger partial charge in [-0.1, -0.05) is 0 Å². The number of rotatable bonds is 7. The Morgan fingerprint density at radius 1 is 1.24 bits per heavy atom. The van der Waals surface area contributed by atoms with Crippen LogP contribution in [0.1, 0.15) is 58.3 Å². The van der Waals surface area contributed by atoms with Crippen LogP contribution < -0.4 is 10.6 Å². The standard InChI is InChI=1S/C15H27N3O2.HI/c1-2-16-15(18-12-9-10-12)17-11-5-8-14(19)20-13-6-3-4-7-13;/h12-13H,2-11H2,1H3,(H2,16,17,18);1H. The smallest absolute Gasteiger partial charge is 0.306 e. The van der Waals surface area contributed by atoms with Gasteiger partial charge in [0.2, 0.25) is 0 Å². The predicted molar refractivity (Wildman–Crippen MR) is 95.1 cm³/mol. The third-order valence-electron chi connectivity index (χ3n) is 3.67. The highest BCUT2D eigenvalue weighted by Crippen LogP contribution is 2.21. The number of ether oxygens (including phenoxy) is 1. The van der Waals surface area contributed by atoms with E-state index in [1.807, 2.05) is 0 Å². The monoisotopic (exact) mass is 409 g/mol. The van der Waals surface area contributed by atoms with Crippen molar-refractivity contribution in [3.63, 3.8) is 0 Å². The van der Waals surface area contributed by atoms with Crippen molar-refractivity contribution in [3.8, 4) is 0 Å². The number of aliphatic imine (C=N–C) groups is 1. The van der Waals surface area contributed by atoms with Crippen molar-refractivity contribution in [3.05, 3.63) is 0 Å². The molecule has 0 bridgehead atoms. The van der Waals surface area contributed by atoms with Crippen LogP contribution in [-0.4, -0.2) is 37.2 Å². The molecule has 2 N–H and O–H groups in total. The highest BCUT2D eigenvalue weighted by atomic mass is 127. The Morgan fingerprint density at radius 2 is 1.95 bits per heavy atom. The number of esters is 1. The molecule has 0 aromatic heterocycles. The molecular formula is C15H28IN3O2. The molecule has 21 heavy (non-hydrogen) atoms. The summed E-state index contributed by atoms with van der Waals surface area (Å²) in [6.07, 6.45) is 8.35. The van der Waals surface area contributed by atoms with Crippen LogP contribution in [0.4, 0.5) is 0 Å². The van der Waals surface area contributed by atoms with Gasteiger partial charge in [-0.05, 0) is 51.9 Å². The lowest BCUT2D eigenvalue weighted by molar-refractivity contribution is -0.148. The summed E-state index contributed by atoms with van der Waals surface area (Å²) >= 11 is 0. The molecule has 0 aromatic rings. The van der Waals surface area contributed by atoms with Crippen LogP contribution in [0.3, 0.4) is 0 Å². The van der Waals surface area contributed by atoms with Crippen LogP contribution in [0.15, 0.2) is 4.99 Å². The van der Waals surface area contributed by atoms with Gasteiger partial charge in [0.15, 0.2) is 5.96 Å². The Balaban J connectivity index is 0.00000220. The van der Waals surface area contributed by atoms with E-state index in [1.54, 1.807) is 0 Å². The molecule has 2 rings (SSSR count). The van der Waals surface area contributed by atoms with Crippen molar-refractivity contribution in [2.24, 2.45) is 4.99 Å². The van der Waals surface area contributed by atoms with Gasteiger partial charge >= 0.3 is 5.97 Å². The van der Waals surface area contributed by atoms with Crippen LogP contribution >= 0.6 is 24.0 Å². The molecule has 5 nitrogen and oxygen atoms in total. The van der Waals surface area contributed by atoms with E-state index in [0.717, 1.165) is 31.8 Å². The number of carbonyl (C=O) groups is 1. The molecule has 2 fully saturated rings. The normalized spacial score (nSPS) is 19.0. The fourth-order valence-electron chi connectivity index (χ4n) is 2.41. The maximum absolute atomic E-state index is 11.7. The third-order valence-corrected chi connectivity index (χ3v) is 3.67. The number of nitrogens with zero attached hydrogens (tertiary/aromatic N) is 1. The Kier molecular flexibility index (Phi) is 9.03. The zero-order valence-electron chi connectivity index (χ0n) is 12.9. The minimum atomic E-state index is -0.0627. The molecule has 0 heterocycles. The van der Waals surface area contributed by atoms with E-state index in [1.165, 1.54) is 25.7 Å². The lowest BCUT2D eigenvalue weighted by Crippen LogP contribution is -2.38. The van der Waals surface area contributed by atoms with Gasteiger partial charge in [0, 0.05) is 25.6 Å². The topological polar surface area (TPSA) is 62.7 Å². The molecule has 0 atom stereocenters. The van der Waals surface area contributed by atoms with Gasteiger partial charge in [-0.2, -0.15) is 0 Å². The van der Waals surface area contributed by atoms with E-state index in [-0.39, 0.29) is 36.0 Å². The maximum atomic E-state index is 11.7. The number of guanidine groups is 1. The highest BCUT2D eigenvalue weighted by molar-refractivity contribution is 14.0. The summed E-state index contributed by atoms with van der Waals surface area (Å²) < 4.78 is 5.42. The van der Waals surface area contributed by atoms with E-state index in [0.29, 0.717) is 19.0 Å². The van der Waals surface area contributed by atoms with Crippen molar-refractivity contribution < 1.29 is 9.53 Å². The largest absolute Gasteiger partial charge is 0.462 e. The molecule has 0 aliphatic heterocycles. The Labute approximate surface area is 144 Å². The maximum Gasteiger partial charge on any atom is 0.306 e. The third kappa shape index (κ3) is 7.87. The van der Waals surface area contributed by atoms with E-state index >= 15 is 0 Å². The molecule has 0 spiro atoms. The minimum Gasteiger partial charge on any atom is -0.462 e. The summed E-state index contributed by atoms with van der Waals surface area (Å²) in [5.41, 5.74) is 0. The average molecular weight is 409 g/mol. The molecule has 0 unspecified atom stereocenters. The van der Waals surface area contributed by atoms with Crippen LogP contribution in [0.25, 0.3) is 0 Å². The molecule has 0 amide bonds. The van der Waals surface area contributed by atoms with E-state index < -0.39 is 0 Å². The number of nitrogens with one attached hydrogen (secondary N) is 2. The zero-order chi connectivity index (χ0) is 14.2. The molecular weight excluding hydrogens is 381 g/mol. The lowest BCUT2D eigenvalue weighted by Gasteiger charge is -2.11. The average Bonchev–Trinajstić information content (AvgIpc) is 3.09. The van der Waals surface area contributed by atoms with Gasteiger partial charge in [-0.3, -0.25) is 9.79 Å². The summed E-state index contributed by atoms with van der Waals surface area (Å²) in [6.45, 7) is 3.59. The quantitative estimate of drug-likeness (QED) is 0.223. The molecule has 0 radical (unpaired) electrons. The Morgan fingerprint density at radius 3 is 2.57 bits per heavy atom. The second kappa shape index (κ2) is 10.2.